The molecule has 2 unspecified atom stereocenters. The predicted molar refractivity (Wildman–Crippen MR) is 80.8 cm³/mol. The average Bonchev–Trinajstić information content (AvgIpc) is 3.04. The van der Waals surface area contributed by atoms with Crippen molar-refractivity contribution < 1.29 is 9.00 Å². The molecule has 1 saturated heterocycles. The van der Waals surface area contributed by atoms with Crippen molar-refractivity contribution in [1.82, 2.24) is 30.4 Å². The molecular formula is C12H16N6O3S. The number of rotatable bonds is 3. The van der Waals surface area contributed by atoms with Crippen molar-refractivity contribution in [2.75, 3.05) is 11.5 Å². The van der Waals surface area contributed by atoms with Crippen molar-refractivity contribution in [3.05, 3.63) is 22.4 Å². The highest BCUT2D eigenvalue weighted by atomic mass is 32.2. The maximum atomic E-state index is 11.9. The number of aryl methyl sites for hydroxylation is 1. The van der Waals surface area contributed by atoms with Gasteiger partial charge in [-0.1, -0.05) is 0 Å². The van der Waals surface area contributed by atoms with Gasteiger partial charge in [-0.2, -0.15) is 5.10 Å². The van der Waals surface area contributed by atoms with E-state index in [1.807, 2.05) is 0 Å². The van der Waals surface area contributed by atoms with E-state index in [1.165, 1.54) is 10.9 Å². The van der Waals surface area contributed by atoms with E-state index in [9.17, 15) is 13.8 Å². The Balaban J connectivity index is 1.63. The van der Waals surface area contributed by atoms with Crippen molar-refractivity contribution in [2.24, 2.45) is 7.05 Å². The van der Waals surface area contributed by atoms with Crippen molar-refractivity contribution in [3.63, 3.8) is 0 Å². The summed E-state index contributed by atoms with van der Waals surface area (Å²) in [7, 11) is 0.855. The Morgan fingerprint density at radius 1 is 1.59 bits per heavy atom. The van der Waals surface area contributed by atoms with E-state index in [0.717, 1.165) is 6.42 Å². The van der Waals surface area contributed by atoms with Crippen LogP contribution in [0.5, 0.6) is 0 Å². The summed E-state index contributed by atoms with van der Waals surface area (Å²) in [5.74, 6) is 1.46. The number of fused-ring (bicyclic) bond motifs is 1. The van der Waals surface area contributed by atoms with Crippen LogP contribution in [0.3, 0.4) is 0 Å². The first-order valence-corrected chi connectivity index (χ1v) is 8.32. The Bertz CT molecular complexity index is 798. The third-order valence-corrected chi connectivity index (χ3v) is 4.95. The molecule has 3 heterocycles. The molecule has 0 aromatic carbocycles. The van der Waals surface area contributed by atoms with Crippen molar-refractivity contribution >= 4 is 27.9 Å². The fourth-order valence-electron chi connectivity index (χ4n) is 2.34. The number of nitrogens with one attached hydrogen (secondary N) is 3. The Morgan fingerprint density at radius 2 is 2.41 bits per heavy atom. The number of carbonyl (C=O) groups is 1. The number of hydrogen-bond donors (Lipinski definition) is 3. The number of amides is 2. The number of nitrogens with zero attached hydrogens (tertiary/aromatic N) is 3. The van der Waals surface area contributed by atoms with Crippen LogP contribution >= 0.6 is 0 Å². The molecule has 1 aliphatic heterocycles. The summed E-state index contributed by atoms with van der Waals surface area (Å²) in [5.41, 5.74) is 0.175. The standard InChI is InChI=1S/C12H16N6O3S/c1-18-10-8(4-14-18)11(19)17-9(16-10)5-13-12(20)15-7-2-3-22(21)6-7/h4,7H,2-3,5-6H2,1H3,(H2,13,15,20)(H,16,17,19). The van der Waals surface area contributed by atoms with Crippen LogP contribution < -0.4 is 16.2 Å². The second kappa shape index (κ2) is 5.87. The minimum atomic E-state index is -0.838. The van der Waals surface area contributed by atoms with Crippen LogP contribution in [0.2, 0.25) is 0 Å². The highest BCUT2D eigenvalue weighted by Crippen LogP contribution is 2.07. The minimum Gasteiger partial charge on any atom is -0.334 e. The van der Waals surface area contributed by atoms with Crippen LogP contribution in [0.15, 0.2) is 11.0 Å². The molecule has 2 amide bonds. The molecule has 2 atom stereocenters. The van der Waals surface area contributed by atoms with Gasteiger partial charge in [-0.05, 0) is 6.42 Å². The van der Waals surface area contributed by atoms with E-state index in [2.05, 4.69) is 25.7 Å². The van der Waals surface area contributed by atoms with Crippen molar-refractivity contribution in [2.45, 2.75) is 19.0 Å². The molecule has 0 aliphatic carbocycles. The molecule has 0 spiro atoms. The zero-order chi connectivity index (χ0) is 15.7. The van der Waals surface area contributed by atoms with Gasteiger partial charge in [-0.15, -0.1) is 0 Å². The maximum absolute atomic E-state index is 11.9. The highest BCUT2D eigenvalue weighted by Gasteiger charge is 2.22. The van der Waals surface area contributed by atoms with Crippen molar-refractivity contribution in [1.29, 1.82) is 0 Å². The largest absolute Gasteiger partial charge is 0.334 e. The normalized spacial score (nSPS) is 21.1. The second-order valence-electron chi connectivity index (χ2n) is 5.14. The molecule has 10 heteroatoms. The van der Waals surface area contributed by atoms with Gasteiger partial charge in [0.15, 0.2) is 5.65 Å². The van der Waals surface area contributed by atoms with Gasteiger partial charge in [0.2, 0.25) is 0 Å². The summed E-state index contributed by atoms with van der Waals surface area (Å²) in [5, 5.41) is 9.77. The lowest BCUT2D eigenvalue weighted by atomic mass is 10.3. The summed E-state index contributed by atoms with van der Waals surface area (Å²) in [6.07, 6.45) is 2.17. The lowest BCUT2D eigenvalue weighted by molar-refractivity contribution is 0.237. The highest BCUT2D eigenvalue weighted by molar-refractivity contribution is 7.85. The molecule has 1 aliphatic rings. The van der Waals surface area contributed by atoms with Gasteiger partial charge < -0.3 is 15.6 Å². The molecule has 2 aromatic heterocycles. The van der Waals surface area contributed by atoms with Gasteiger partial charge in [0.1, 0.15) is 11.2 Å². The first kappa shape index (κ1) is 14.7. The molecule has 3 rings (SSSR count). The zero-order valence-electron chi connectivity index (χ0n) is 12.0. The number of urea groups is 1. The van der Waals surface area contributed by atoms with Crippen LogP contribution in [0.4, 0.5) is 4.79 Å². The predicted octanol–water partition coefficient (Wildman–Crippen LogP) is -1.02. The Kier molecular flexibility index (Phi) is 3.92. The first-order valence-electron chi connectivity index (χ1n) is 6.83. The third kappa shape index (κ3) is 3.01. The number of carbonyl (C=O) groups excluding carboxylic acids is 1. The van der Waals surface area contributed by atoms with Crippen LogP contribution in [0, 0.1) is 0 Å². The summed E-state index contributed by atoms with van der Waals surface area (Å²) in [6.45, 7) is 0.0952. The van der Waals surface area contributed by atoms with Crippen LogP contribution in [0.25, 0.3) is 11.0 Å². The fourth-order valence-corrected chi connectivity index (χ4v) is 3.75. The Morgan fingerprint density at radius 3 is 3.14 bits per heavy atom. The summed E-state index contributed by atoms with van der Waals surface area (Å²) >= 11 is 0. The van der Waals surface area contributed by atoms with Gasteiger partial charge in [0, 0.05) is 35.4 Å². The maximum Gasteiger partial charge on any atom is 0.315 e. The number of aromatic nitrogens is 4. The Labute approximate surface area is 128 Å². The molecule has 2 aromatic rings. The molecule has 9 nitrogen and oxygen atoms in total. The first-order chi connectivity index (χ1) is 10.5. The molecule has 3 N–H and O–H groups in total. The quantitative estimate of drug-likeness (QED) is 0.667. The van der Waals surface area contributed by atoms with Gasteiger partial charge in [-0.3, -0.25) is 13.7 Å². The summed E-state index contributed by atoms with van der Waals surface area (Å²) < 4.78 is 12.8. The van der Waals surface area contributed by atoms with Gasteiger partial charge >= 0.3 is 6.03 Å². The van der Waals surface area contributed by atoms with Gasteiger partial charge in [-0.25, -0.2) is 9.78 Å². The topological polar surface area (TPSA) is 122 Å². The summed E-state index contributed by atoms with van der Waals surface area (Å²) in [6, 6.07) is -0.427. The van der Waals surface area contributed by atoms with E-state index in [-0.39, 0.29) is 24.2 Å². The van der Waals surface area contributed by atoms with Crippen LogP contribution in [-0.2, 0) is 24.4 Å². The minimum absolute atomic E-state index is 0.0626. The van der Waals surface area contributed by atoms with Crippen LogP contribution in [-0.4, -0.2) is 47.5 Å². The molecule has 22 heavy (non-hydrogen) atoms. The Hall–Kier alpha value is -2.23. The molecular weight excluding hydrogens is 308 g/mol. The molecule has 0 saturated carbocycles. The van der Waals surface area contributed by atoms with E-state index >= 15 is 0 Å². The zero-order valence-corrected chi connectivity index (χ0v) is 12.8. The SMILES string of the molecule is Cn1ncc2c(=O)[nH]c(CNC(=O)NC3CCS(=O)C3)nc21. The van der Waals surface area contributed by atoms with Crippen molar-refractivity contribution in [3.8, 4) is 0 Å². The van der Waals surface area contributed by atoms with E-state index in [1.54, 1.807) is 7.05 Å². The van der Waals surface area contributed by atoms with E-state index in [0.29, 0.717) is 28.4 Å². The molecule has 118 valence electrons. The molecule has 1 fully saturated rings. The monoisotopic (exact) mass is 324 g/mol. The van der Waals surface area contributed by atoms with Gasteiger partial charge in [0.25, 0.3) is 5.56 Å². The number of hydrogen-bond acceptors (Lipinski definition) is 5. The molecule has 0 radical (unpaired) electrons. The molecule has 0 bridgehead atoms. The third-order valence-electron chi connectivity index (χ3n) is 3.48. The second-order valence-corrected chi connectivity index (χ2v) is 6.76. The fraction of sp³-hybridized carbons (Fsp3) is 0.500. The smallest absolute Gasteiger partial charge is 0.315 e. The summed E-state index contributed by atoms with van der Waals surface area (Å²) in [4.78, 5) is 30.5. The van der Waals surface area contributed by atoms with Crippen LogP contribution in [0.1, 0.15) is 12.2 Å². The van der Waals surface area contributed by atoms with E-state index in [4.69, 9.17) is 0 Å². The number of H-pyrrole nitrogens is 1. The lowest BCUT2D eigenvalue weighted by Gasteiger charge is -2.11. The van der Waals surface area contributed by atoms with Gasteiger partial charge in [0.05, 0.1) is 12.7 Å². The average molecular weight is 324 g/mol. The van der Waals surface area contributed by atoms with E-state index < -0.39 is 10.8 Å². The lowest BCUT2D eigenvalue weighted by Crippen LogP contribution is -2.42. The number of aromatic amines is 1.